The second kappa shape index (κ2) is 73.8. The van der Waals surface area contributed by atoms with E-state index in [4.69, 9.17) is 42.0 Å². The van der Waals surface area contributed by atoms with E-state index in [0.717, 1.165) is 212 Å². The summed E-state index contributed by atoms with van der Waals surface area (Å²) in [6.07, 6.45) is 39.4. The number of ether oxygens (including phenoxy) is 6. The zero-order valence-electron chi connectivity index (χ0n) is 78.2. The van der Waals surface area contributed by atoms with Crippen molar-refractivity contribution in [2.45, 2.75) is 495 Å². The molecule has 3 aromatic carbocycles. The number of hydrogen-bond donors (Lipinski definition) is 2. The van der Waals surface area contributed by atoms with Gasteiger partial charge in [-0.25, -0.2) is 13.8 Å². The number of phosphoric acid groups is 1. The molecule has 0 unspecified atom stereocenters. The average Bonchev–Trinajstić information content (AvgIpc) is 0.773. The number of halogens is 1. The van der Waals surface area contributed by atoms with Gasteiger partial charge in [0, 0.05) is 19.3 Å². The summed E-state index contributed by atoms with van der Waals surface area (Å²) in [7, 11) is -4.98. The van der Waals surface area contributed by atoms with Gasteiger partial charge in [0.15, 0.2) is 6.10 Å². The molecule has 0 saturated carbocycles. The van der Waals surface area contributed by atoms with Crippen molar-refractivity contribution in [2.24, 2.45) is 0 Å². The molecule has 0 aliphatic carbocycles. The second-order valence-electron chi connectivity index (χ2n) is 35.2. The predicted octanol–water partition coefficient (Wildman–Crippen LogP) is 27.1. The minimum Gasteiger partial charge on any atom is -0.462 e. The Labute approximate surface area is 750 Å². The third kappa shape index (κ3) is 55.0. The van der Waals surface area contributed by atoms with Gasteiger partial charge in [0.1, 0.15) is 49.8 Å². The molecular formula is C103H170FN2O17P. The second-order valence-corrected chi connectivity index (χ2v) is 36.8. The van der Waals surface area contributed by atoms with Crippen molar-refractivity contribution in [2.75, 3.05) is 6.67 Å². The molecule has 4 rings (SSSR count). The monoisotopic (exact) mass is 1760 g/mol. The standard InChI is InChI=1S/C103H170FN2O17P/c1-7-13-19-25-31-34-40-43-58-70-88(118-96(109)73-61-46-37-28-22-16-10-4)78-94(107)105-91(103(113)115-82-85-64-52-49-53-65-85)76-77-92-100(106-95(108)79-89(71-59-44-41-35-32-26-20-14-8-2)119-97(110)74-62-47-38-29-23-17-11-5)102(101(93(81-104)121-92)123-124(114,116-83-86-66-54-50-55-67-86)117-84-87-68-56-51-57-69-87)122-99(112)80-90(72-60-45-42-36-33-27-21-15-9-3)120-98(111)75-63-48-39-30-24-18-12-6/h49-57,64-69,88-93,100-102H,7-48,58-63,70-84H2,1-6H3,(H,105,107)(H,106,108)/t88-,89-,90-,91+,92+,93-,100+,101-,102-/m1/s1. The summed E-state index contributed by atoms with van der Waals surface area (Å²) in [5.74, 6) is -4.28. The summed E-state index contributed by atoms with van der Waals surface area (Å²) < 4.78 is 90.5. The van der Waals surface area contributed by atoms with Crippen LogP contribution in [0.25, 0.3) is 0 Å². The smallest absolute Gasteiger partial charge is 0.462 e. The number of carbonyl (C=O) groups excluding carboxylic acids is 7. The van der Waals surface area contributed by atoms with Gasteiger partial charge in [0.05, 0.1) is 44.6 Å². The fraction of sp³-hybridized carbons (Fsp3) is 0.757. The number of alkyl halides is 1. The Morgan fingerprint density at radius 2 is 0.677 bits per heavy atom. The van der Waals surface area contributed by atoms with Gasteiger partial charge in [-0.3, -0.25) is 42.3 Å². The molecule has 706 valence electrons. The largest absolute Gasteiger partial charge is 0.475 e. The number of benzene rings is 3. The molecule has 1 fully saturated rings. The zero-order chi connectivity index (χ0) is 89.4. The van der Waals surface area contributed by atoms with Crippen LogP contribution in [0.15, 0.2) is 91.0 Å². The normalized spacial score (nSPS) is 16.2. The lowest BCUT2D eigenvalue weighted by molar-refractivity contribution is -0.207. The van der Waals surface area contributed by atoms with Gasteiger partial charge in [0.2, 0.25) is 11.8 Å². The Bertz CT molecular complexity index is 3160. The lowest BCUT2D eigenvalue weighted by atomic mass is 9.89. The lowest BCUT2D eigenvalue weighted by Crippen LogP contribution is -2.65. The van der Waals surface area contributed by atoms with E-state index in [-0.39, 0.29) is 64.8 Å². The maximum atomic E-state index is 16.9. The quantitative estimate of drug-likeness (QED) is 0.0231. The molecule has 124 heavy (non-hydrogen) atoms. The van der Waals surface area contributed by atoms with Crippen LogP contribution in [-0.4, -0.2) is 103 Å². The number of carbonyl (C=O) groups is 7. The summed E-state index contributed by atoms with van der Waals surface area (Å²) in [6, 6.07) is 23.9. The van der Waals surface area contributed by atoms with Gasteiger partial charge < -0.3 is 39.1 Å². The van der Waals surface area contributed by atoms with Crippen molar-refractivity contribution in [1.82, 2.24) is 10.6 Å². The Morgan fingerprint density at radius 3 is 1.02 bits per heavy atom. The number of amides is 2. The zero-order valence-corrected chi connectivity index (χ0v) is 79.1. The molecule has 21 heteroatoms. The molecule has 2 N–H and O–H groups in total. The topological polar surface area (TPSA) is 244 Å². The number of nitrogens with one attached hydrogen (secondary N) is 2. The Kier molecular flexibility index (Phi) is 65.6. The van der Waals surface area contributed by atoms with E-state index < -0.39 is 117 Å². The van der Waals surface area contributed by atoms with Crippen molar-refractivity contribution in [3.63, 3.8) is 0 Å². The van der Waals surface area contributed by atoms with Crippen LogP contribution in [0.5, 0.6) is 0 Å². The molecule has 1 saturated heterocycles. The maximum Gasteiger partial charge on any atom is 0.475 e. The van der Waals surface area contributed by atoms with Crippen molar-refractivity contribution in [3.05, 3.63) is 108 Å². The van der Waals surface area contributed by atoms with Crippen molar-refractivity contribution in [3.8, 4) is 0 Å². The van der Waals surface area contributed by atoms with Crippen LogP contribution in [0, 0.1) is 0 Å². The SMILES string of the molecule is CCCCCCCCCCC[C@H](CC(=O)N[C@@H]1[C@@H](OC(=O)C[C@@H](CCCCCCCCCCC)OC(=O)CCCCCCCCC)[C@H](OP(=O)(OCc2ccccc2)OCc2ccccc2)[C@@H](CF)O[C@H]1CC[C@H](NC(=O)C[C@@H](CCCCCCCCCCC)OC(=O)CCCCCCCCC)C(=O)OCc1ccccc1)OC(=O)CCCCCCCCC. The Balaban J connectivity index is 1.93. The van der Waals surface area contributed by atoms with Crippen LogP contribution in [0.3, 0.4) is 0 Å². The van der Waals surface area contributed by atoms with E-state index in [0.29, 0.717) is 74.5 Å². The molecular weight excluding hydrogens is 1590 g/mol. The van der Waals surface area contributed by atoms with Crippen LogP contribution in [0.1, 0.15) is 437 Å². The number of hydrogen-bond acceptors (Lipinski definition) is 17. The van der Waals surface area contributed by atoms with Crippen LogP contribution >= 0.6 is 7.82 Å². The molecule has 0 radical (unpaired) electrons. The van der Waals surface area contributed by atoms with Gasteiger partial charge in [-0.05, 0) is 87.3 Å². The molecule has 2 amide bonds. The van der Waals surface area contributed by atoms with Gasteiger partial charge in [-0.15, -0.1) is 0 Å². The highest BCUT2D eigenvalue weighted by Gasteiger charge is 2.53. The molecule has 3 aromatic rings. The van der Waals surface area contributed by atoms with Crippen molar-refractivity contribution in [1.29, 1.82) is 0 Å². The van der Waals surface area contributed by atoms with E-state index in [1.54, 1.807) is 60.7 Å². The summed E-state index contributed by atoms with van der Waals surface area (Å²) in [5, 5.41) is 6.08. The summed E-state index contributed by atoms with van der Waals surface area (Å²) >= 11 is 0. The average molecular weight is 1760 g/mol. The summed E-state index contributed by atoms with van der Waals surface area (Å²) in [6.45, 7) is 11.0. The van der Waals surface area contributed by atoms with E-state index in [1.807, 2.05) is 30.3 Å². The highest BCUT2D eigenvalue weighted by Crippen LogP contribution is 2.54. The minimum atomic E-state index is -4.98. The Hall–Kier alpha value is -6.05. The minimum absolute atomic E-state index is 0.144. The third-order valence-corrected chi connectivity index (χ3v) is 25.2. The number of esters is 5. The fourth-order valence-corrected chi connectivity index (χ4v) is 17.7. The highest BCUT2D eigenvalue weighted by molar-refractivity contribution is 7.48. The van der Waals surface area contributed by atoms with E-state index in [9.17, 15) is 19.2 Å². The molecule has 0 aromatic heterocycles. The van der Waals surface area contributed by atoms with Crippen molar-refractivity contribution < 1.29 is 84.5 Å². The van der Waals surface area contributed by atoms with Crippen LogP contribution in [0.4, 0.5) is 4.39 Å². The van der Waals surface area contributed by atoms with Crippen LogP contribution in [-0.2, 0) is 99.9 Å². The maximum absolute atomic E-state index is 16.9. The van der Waals surface area contributed by atoms with E-state index >= 15 is 23.3 Å². The predicted molar refractivity (Wildman–Crippen MR) is 496 cm³/mol. The summed E-state index contributed by atoms with van der Waals surface area (Å²) in [4.78, 5) is 103. The molecule has 1 aliphatic heterocycles. The third-order valence-electron chi connectivity index (χ3n) is 23.8. The van der Waals surface area contributed by atoms with Gasteiger partial charge in [0.25, 0.3) is 0 Å². The van der Waals surface area contributed by atoms with Crippen LogP contribution < -0.4 is 10.6 Å². The first-order valence-electron chi connectivity index (χ1n) is 50.0. The van der Waals surface area contributed by atoms with E-state index in [2.05, 4.69) is 52.2 Å². The summed E-state index contributed by atoms with van der Waals surface area (Å²) in [5.41, 5.74) is 1.84. The van der Waals surface area contributed by atoms with Crippen molar-refractivity contribution >= 4 is 49.5 Å². The number of unbranched alkanes of at least 4 members (excludes halogenated alkanes) is 42. The Morgan fingerprint density at radius 1 is 0.363 bits per heavy atom. The first-order chi connectivity index (χ1) is 60.5. The molecule has 9 atom stereocenters. The first-order valence-corrected chi connectivity index (χ1v) is 51.5. The molecule has 0 spiro atoms. The highest BCUT2D eigenvalue weighted by atomic mass is 31.2. The first kappa shape index (κ1) is 110. The van der Waals surface area contributed by atoms with Crippen LogP contribution in [0.2, 0.25) is 0 Å². The number of rotatable bonds is 81. The molecule has 0 bridgehead atoms. The molecule has 19 nitrogen and oxygen atoms in total. The molecule has 1 aliphatic rings. The van der Waals surface area contributed by atoms with Gasteiger partial charge >= 0.3 is 37.7 Å². The molecule has 1 heterocycles. The van der Waals surface area contributed by atoms with Gasteiger partial charge in [-0.1, -0.05) is 402 Å². The number of phosphoric ester groups is 1. The van der Waals surface area contributed by atoms with E-state index in [1.165, 1.54) is 57.8 Å². The van der Waals surface area contributed by atoms with Gasteiger partial charge in [-0.2, -0.15) is 0 Å². The fourth-order valence-electron chi connectivity index (χ4n) is 16.3. The lowest BCUT2D eigenvalue weighted by Gasteiger charge is -2.46.